The van der Waals surface area contributed by atoms with Gasteiger partial charge in [-0.1, -0.05) is 0 Å². The number of benzene rings is 1. The van der Waals surface area contributed by atoms with E-state index in [0.717, 1.165) is 18.2 Å². The van der Waals surface area contributed by atoms with Crippen LogP contribution in [0, 0.1) is 11.6 Å². The number of nitrogens with zero attached hydrogens (tertiary/aromatic N) is 1. The number of halogens is 2. The lowest BCUT2D eigenvalue weighted by Crippen LogP contribution is -1.88. The summed E-state index contributed by atoms with van der Waals surface area (Å²) in [5.74, 6) is -0.449. The van der Waals surface area contributed by atoms with E-state index in [4.69, 9.17) is 0 Å². The van der Waals surface area contributed by atoms with Crippen molar-refractivity contribution in [3.63, 3.8) is 0 Å². The van der Waals surface area contributed by atoms with Crippen LogP contribution < -0.4 is 0 Å². The molecule has 1 aromatic carbocycles. The molecule has 0 aliphatic rings. The summed E-state index contributed by atoms with van der Waals surface area (Å²) in [6, 6.07) is 3.51. The zero-order valence-corrected chi connectivity index (χ0v) is 9.99. The van der Waals surface area contributed by atoms with E-state index in [2.05, 4.69) is 17.6 Å². The summed E-state index contributed by atoms with van der Waals surface area (Å²) in [6.45, 7) is 0. The number of rotatable bonds is 3. The second-order valence-corrected chi connectivity index (χ2v) is 4.55. The zero-order valence-electron chi connectivity index (χ0n) is 8.28. The van der Waals surface area contributed by atoms with Gasteiger partial charge in [-0.15, -0.1) is 11.3 Å². The van der Waals surface area contributed by atoms with Gasteiger partial charge in [-0.05, 0) is 24.3 Å². The molecule has 0 aliphatic carbocycles. The van der Waals surface area contributed by atoms with Gasteiger partial charge in [0.2, 0.25) is 0 Å². The van der Waals surface area contributed by atoms with Crippen LogP contribution in [0.15, 0.2) is 23.6 Å². The van der Waals surface area contributed by atoms with Crippen LogP contribution in [0.4, 0.5) is 8.78 Å². The fourth-order valence-electron chi connectivity index (χ4n) is 1.32. The molecule has 0 fully saturated rings. The van der Waals surface area contributed by atoms with E-state index in [9.17, 15) is 8.78 Å². The molecule has 2 rings (SSSR count). The molecule has 0 bridgehead atoms. The van der Waals surface area contributed by atoms with E-state index >= 15 is 0 Å². The van der Waals surface area contributed by atoms with E-state index in [-0.39, 0.29) is 0 Å². The minimum atomic E-state index is -0.577. The van der Waals surface area contributed by atoms with Gasteiger partial charge in [0.25, 0.3) is 0 Å². The predicted molar refractivity (Wildman–Crippen MR) is 65.0 cm³/mol. The highest BCUT2D eigenvalue weighted by Crippen LogP contribution is 2.26. The first-order valence-corrected chi connectivity index (χ1v) is 6.22. The SMILES string of the molecule is Fc1ccc(-c2nc(CCS)cs2)c(F)c1. The molecule has 1 aromatic heterocycles. The van der Waals surface area contributed by atoms with Crippen molar-refractivity contribution in [1.29, 1.82) is 0 Å². The molecule has 1 nitrogen and oxygen atoms in total. The molecule has 5 heteroatoms. The second kappa shape index (κ2) is 4.93. The summed E-state index contributed by atoms with van der Waals surface area (Å²) in [7, 11) is 0. The van der Waals surface area contributed by atoms with Crippen LogP contribution in [0.2, 0.25) is 0 Å². The molecule has 0 radical (unpaired) electrons. The van der Waals surface area contributed by atoms with Crippen LogP contribution in [0.1, 0.15) is 5.69 Å². The molecule has 0 saturated heterocycles. The highest BCUT2D eigenvalue weighted by Gasteiger charge is 2.10. The van der Waals surface area contributed by atoms with Crippen molar-refractivity contribution in [3.8, 4) is 10.6 Å². The highest BCUT2D eigenvalue weighted by molar-refractivity contribution is 7.80. The van der Waals surface area contributed by atoms with Crippen LogP contribution in [0.25, 0.3) is 10.6 Å². The third-order valence-electron chi connectivity index (χ3n) is 2.08. The van der Waals surface area contributed by atoms with Crippen molar-refractivity contribution in [2.24, 2.45) is 0 Å². The van der Waals surface area contributed by atoms with Gasteiger partial charge in [0, 0.05) is 17.0 Å². The van der Waals surface area contributed by atoms with Crippen molar-refractivity contribution in [2.45, 2.75) is 6.42 Å². The Morgan fingerprint density at radius 3 is 2.81 bits per heavy atom. The maximum Gasteiger partial charge on any atom is 0.136 e. The van der Waals surface area contributed by atoms with E-state index in [1.807, 2.05) is 5.38 Å². The maximum absolute atomic E-state index is 13.4. The summed E-state index contributed by atoms with van der Waals surface area (Å²) in [4.78, 5) is 4.27. The Morgan fingerprint density at radius 1 is 1.31 bits per heavy atom. The minimum absolute atomic E-state index is 0.344. The molecule has 0 unspecified atom stereocenters. The second-order valence-electron chi connectivity index (χ2n) is 3.24. The van der Waals surface area contributed by atoms with E-state index in [0.29, 0.717) is 16.3 Å². The zero-order chi connectivity index (χ0) is 11.5. The van der Waals surface area contributed by atoms with Gasteiger partial charge < -0.3 is 0 Å². The summed E-state index contributed by atoms with van der Waals surface area (Å²) in [6.07, 6.45) is 0.752. The molecule has 0 atom stereocenters. The minimum Gasteiger partial charge on any atom is -0.241 e. The van der Waals surface area contributed by atoms with Crippen molar-refractivity contribution >= 4 is 24.0 Å². The molecule has 0 N–H and O–H groups in total. The predicted octanol–water partition coefficient (Wildman–Crippen LogP) is 3.56. The summed E-state index contributed by atoms with van der Waals surface area (Å²) < 4.78 is 26.2. The Kier molecular flexibility index (Phi) is 3.56. The number of thiazole rings is 1. The van der Waals surface area contributed by atoms with Gasteiger partial charge in [0.1, 0.15) is 16.6 Å². The first-order valence-electron chi connectivity index (χ1n) is 4.71. The van der Waals surface area contributed by atoms with Gasteiger partial charge in [-0.3, -0.25) is 0 Å². The maximum atomic E-state index is 13.4. The van der Waals surface area contributed by atoms with Crippen LogP contribution >= 0.6 is 24.0 Å². The third kappa shape index (κ3) is 2.41. The lowest BCUT2D eigenvalue weighted by molar-refractivity contribution is 0.585. The summed E-state index contributed by atoms with van der Waals surface area (Å²) >= 11 is 5.46. The van der Waals surface area contributed by atoms with E-state index < -0.39 is 11.6 Å². The van der Waals surface area contributed by atoms with Gasteiger partial charge >= 0.3 is 0 Å². The van der Waals surface area contributed by atoms with Crippen molar-refractivity contribution in [2.75, 3.05) is 5.75 Å². The van der Waals surface area contributed by atoms with Gasteiger partial charge in [0.05, 0.1) is 5.69 Å². The topological polar surface area (TPSA) is 12.9 Å². The highest BCUT2D eigenvalue weighted by atomic mass is 32.1. The molecule has 16 heavy (non-hydrogen) atoms. The molecule has 0 spiro atoms. The van der Waals surface area contributed by atoms with Crippen LogP contribution in [0.3, 0.4) is 0 Å². The molecule has 0 saturated carbocycles. The number of hydrogen-bond donors (Lipinski definition) is 1. The molecule has 0 amide bonds. The largest absolute Gasteiger partial charge is 0.241 e. The van der Waals surface area contributed by atoms with E-state index in [1.165, 1.54) is 23.5 Å². The molecular formula is C11H9F2NS2. The lowest BCUT2D eigenvalue weighted by atomic mass is 10.2. The Hall–Kier alpha value is -0.940. The average molecular weight is 257 g/mol. The normalized spacial score (nSPS) is 10.7. The van der Waals surface area contributed by atoms with Crippen molar-refractivity contribution in [1.82, 2.24) is 4.98 Å². The number of thiol groups is 1. The molecule has 2 aromatic rings. The summed E-state index contributed by atoms with van der Waals surface area (Å²) in [5.41, 5.74) is 1.23. The number of aryl methyl sites for hydroxylation is 1. The Bertz CT molecular complexity index is 496. The van der Waals surface area contributed by atoms with Gasteiger partial charge in [-0.25, -0.2) is 13.8 Å². The molecular weight excluding hydrogens is 248 g/mol. The number of aromatic nitrogens is 1. The van der Waals surface area contributed by atoms with Crippen LogP contribution in [-0.2, 0) is 6.42 Å². The molecule has 84 valence electrons. The molecule has 0 aliphatic heterocycles. The monoisotopic (exact) mass is 257 g/mol. The molecule has 1 heterocycles. The van der Waals surface area contributed by atoms with E-state index in [1.54, 1.807) is 0 Å². The first-order chi connectivity index (χ1) is 7.70. The average Bonchev–Trinajstić information content (AvgIpc) is 2.67. The standard InChI is InChI=1S/C11H9F2NS2/c12-7-1-2-9(10(13)5-7)11-14-8(3-4-15)6-16-11/h1-2,5-6,15H,3-4H2. The van der Waals surface area contributed by atoms with Gasteiger partial charge in [0.15, 0.2) is 0 Å². The van der Waals surface area contributed by atoms with Crippen molar-refractivity contribution in [3.05, 3.63) is 40.9 Å². The Morgan fingerprint density at radius 2 is 2.12 bits per heavy atom. The first kappa shape index (κ1) is 11.5. The third-order valence-corrected chi connectivity index (χ3v) is 3.23. The van der Waals surface area contributed by atoms with Gasteiger partial charge in [-0.2, -0.15) is 12.6 Å². The smallest absolute Gasteiger partial charge is 0.136 e. The Labute approximate surface area is 102 Å². The lowest BCUT2D eigenvalue weighted by Gasteiger charge is -1.98. The fraction of sp³-hybridized carbons (Fsp3) is 0.182. The van der Waals surface area contributed by atoms with Crippen LogP contribution in [0.5, 0.6) is 0 Å². The Balaban J connectivity index is 2.35. The fourth-order valence-corrected chi connectivity index (χ4v) is 2.43. The quantitative estimate of drug-likeness (QED) is 0.830. The number of hydrogen-bond acceptors (Lipinski definition) is 3. The van der Waals surface area contributed by atoms with Crippen LogP contribution in [-0.4, -0.2) is 10.7 Å². The summed E-state index contributed by atoms with van der Waals surface area (Å²) in [5, 5.41) is 2.45. The van der Waals surface area contributed by atoms with Crippen molar-refractivity contribution < 1.29 is 8.78 Å².